The van der Waals surface area contributed by atoms with Crippen LogP contribution < -0.4 is 16.0 Å². The average Bonchev–Trinajstić information content (AvgIpc) is 3.44. The molecule has 0 radical (unpaired) electrons. The Labute approximate surface area is 167 Å². The standard InChI is InChI=1S/C19H22ClN7O/c1-11(25-18-24-10-23-17(21-2)27-18)13-8-12-4-3-5-14(20)15(12)26-16(13)22-9-19(28)6-7-19/h3-5,8,10-11,28H,6-7,9H2,1-2H3,(H,22,26)(H2,21,23,24,25,27). The number of rotatable bonds is 7. The third-order valence-corrected chi connectivity index (χ3v) is 5.15. The SMILES string of the molecule is CNc1ncnc(NC(C)c2cc3cccc(Cl)c3nc2NCC2(O)CC2)n1. The van der Waals surface area contributed by atoms with Crippen molar-refractivity contribution in [2.75, 3.05) is 29.5 Å². The lowest BCUT2D eigenvalue weighted by atomic mass is 10.1. The molecule has 2 aromatic heterocycles. The second kappa shape index (κ2) is 7.37. The van der Waals surface area contributed by atoms with Crippen LogP contribution in [0.25, 0.3) is 10.9 Å². The number of hydrogen-bond donors (Lipinski definition) is 4. The number of pyridine rings is 1. The van der Waals surface area contributed by atoms with Crippen molar-refractivity contribution >= 4 is 40.2 Å². The topological polar surface area (TPSA) is 108 Å². The Morgan fingerprint density at radius 1 is 1.21 bits per heavy atom. The fourth-order valence-electron chi connectivity index (χ4n) is 2.98. The molecule has 1 fully saturated rings. The van der Waals surface area contributed by atoms with E-state index >= 15 is 0 Å². The van der Waals surface area contributed by atoms with E-state index in [-0.39, 0.29) is 6.04 Å². The zero-order valence-electron chi connectivity index (χ0n) is 15.7. The van der Waals surface area contributed by atoms with E-state index in [4.69, 9.17) is 16.6 Å². The lowest BCUT2D eigenvalue weighted by molar-refractivity contribution is 0.164. The van der Waals surface area contributed by atoms with Gasteiger partial charge in [-0.15, -0.1) is 0 Å². The molecule has 0 bridgehead atoms. The van der Waals surface area contributed by atoms with Crippen molar-refractivity contribution in [2.45, 2.75) is 31.4 Å². The Kier molecular flexibility index (Phi) is 4.91. The number of anilines is 3. The molecule has 146 valence electrons. The van der Waals surface area contributed by atoms with Gasteiger partial charge in [0.25, 0.3) is 0 Å². The van der Waals surface area contributed by atoms with Gasteiger partial charge in [0, 0.05) is 24.5 Å². The van der Waals surface area contributed by atoms with Crippen LogP contribution in [0.3, 0.4) is 0 Å². The van der Waals surface area contributed by atoms with Crippen LogP contribution in [0.4, 0.5) is 17.7 Å². The molecule has 1 aromatic carbocycles. The van der Waals surface area contributed by atoms with Crippen LogP contribution in [0.1, 0.15) is 31.4 Å². The minimum atomic E-state index is -0.638. The summed E-state index contributed by atoms with van der Waals surface area (Å²) in [6, 6.07) is 7.61. The second-order valence-electron chi connectivity index (χ2n) is 7.06. The summed E-state index contributed by atoms with van der Waals surface area (Å²) in [6.07, 6.45) is 3.05. The van der Waals surface area contributed by atoms with E-state index in [1.165, 1.54) is 6.33 Å². The fourth-order valence-corrected chi connectivity index (χ4v) is 3.20. The third-order valence-electron chi connectivity index (χ3n) is 4.85. The number of halogens is 1. The number of benzene rings is 1. The van der Waals surface area contributed by atoms with Crippen LogP contribution >= 0.6 is 11.6 Å². The predicted molar refractivity (Wildman–Crippen MR) is 111 cm³/mol. The van der Waals surface area contributed by atoms with Gasteiger partial charge >= 0.3 is 0 Å². The lowest BCUT2D eigenvalue weighted by Crippen LogP contribution is -2.23. The van der Waals surface area contributed by atoms with Crippen LogP contribution in [0, 0.1) is 0 Å². The zero-order chi connectivity index (χ0) is 19.7. The van der Waals surface area contributed by atoms with Crippen LogP contribution in [-0.2, 0) is 0 Å². The summed E-state index contributed by atoms with van der Waals surface area (Å²) in [5.74, 6) is 1.64. The van der Waals surface area contributed by atoms with Gasteiger partial charge in [-0.2, -0.15) is 4.98 Å². The van der Waals surface area contributed by atoms with Crippen molar-refractivity contribution in [3.8, 4) is 0 Å². The molecular formula is C19H22ClN7O. The molecule has 3 aromatic rings. The van der Waals surface area contributed by atoms with Gasteiger partial charge in [0.15, 0.2) is 0 Å². The van der Waals surface area contributed by atoms with Crippen molar-refractivity contribution in [3.63, 3.8) is 0 Å². The van der Waals surface area contributed by atoms with E-state index in [9.17, 15) is 5.11 Å². The quantitative estimate of drug-likeness (QED) is 0.479. The first kappa shape index (κ1) is 18.6. The molecule has 1 atom stereocenters. The smallest absolute Gasteiger partial charge is 0.227 e. The van der Waals surface area contributed by atoms with Crippen molar-refractivity contribution < 1.29 is 5.11 Å². The largest absolute Gasteiger partial charge is 0.388 e. The van der Waals surface area contributed by atoms with E-state index in [0.29, 0.717) is 29.3 Å². The summed E-state index contributed by atoms with van der Waals surface area (Å²) >= 11 is 6.34. The number of aliphatic hydroxyl groups is 1. The summed E-state index contributed by atoms with van der Waals surface area (Å²) in [5, 5.41) is 21.2. The van der Waals surface area contributed by atoms with Crippen molar-refractivity contribution in [1.82, 2.24) is 19.9 Å². The molecular weight excluding hydrogens is 378 g/mol. The Morgan fingerprint density at radius 2 is 2.00 bits per heavy atom. The Hall–Kier alpha value is -2.71. The summed E-state index contributed by atoms with van der Waals surface area (Å²) in [5.41, 5.74) is 1.02. The highest BCUT2D eigenvalue weighted by Crippen LogP contribution is 2.36. The van der Waals surface area contributed by atoms with E-state index < -0.39 is 5.60 Å². The Morgan fingerprint density at radius 3 is 2.75 bits per heavy atom. The van der Waals surface area contributed by atoms with Gasteiger partial charge in [0.2, 0.25) is 11.9 Å². The summed E-state index contributed by atoms with van der Waals surface area (Å²) < 4.78 is 0. The van der Waals surface area contributed by atoms with Crippen LogP contribution in [-0.4, -0.2) is 44.2 Å². The van der Waals surface area contributed by atoms with Crippen LogP contribution in [0.5, 0.6) is 0 Å². The maximum atomic E-state index is 10.2. The number of nitrogens with zero attached hydrogens (tertiary/aromatic N) is 4. The Balaban J connectivity index is 1.68. The van der Waals surface area contributed by atoms with Crippen molar-refractivity contribution in [3.05, 3.63) is 41.2 Å². The average molecular weight is 400 g/mol. The molecule has 1 aliphatic carbocycles. The van der Waals surface area contributed by atoms with Gasteiger partial charge in [-0.1, -0.05) is 23.7 Å². The molecule has 0 amide bonds. The fraction of sp³-hybridized carbons (Fsp3) is 0.368. The van der Waals surface area contributed by atoms with Gasteiger partial charge in [0.1, 0.15) is 12.1 Å². The molecule has 0 saturated heterocycles. The maximum Gasteiger partial charge on any atom is 0.227 e. The second-order valence-corrected chi connectivity index (χ2v) is 7.47. The molecule has 1 aliphatic rings. The molecule has 1 unspecified atom stereocenters. The highest BCUT2D eigenvalue weighted by molar-refractivity contribution is 6.35. The third kappa shape index (κ3) is 3.93. The molecule has 8 nitrogen and oxygen atoms in total. The van der Waals surface area contributed by atoms with Gasteiger partial charge in [-0.25, -0.2) is 15.0 Å². The predicted octanol–water partition coefficient (Wildman–Crippen LogP) is 3.22. The molecule has 2 heterocycles. The molecule has 0 aliphatic heterocycles. The van der Waals surface area contributed by atoms with E-state index in [1.807, 2.05) is 31.2 Å². The van der Waals surface area contributed by atoms with E-state index in [2.05, 4.69) is 30.9 Å². The molecule has 4 rings (SSSR count). The number of fused-ring (bicyclic) bond motifs is 1. The summed E-state index contributed by atoms with van der Waals surface area (Å²) in [6.45, 7) is 2.46. The number of aromatic nitrogens is 4. The molecule has 9 heteroatoms. The van der Waals surface area contributed by atoms with Gasteiger partial charge in [-0.3, -0.25) is 0 Å². The minimum Gasteiger partial charge on any atom is -0.388 e. The number of para-hydroxylation sites is 1. The van der Waals surface area contributed by atoms with Crippen molar-refractivity contribution in [1.29, 1.82) is 0 Å². The van der Waals surface area contributed by atoms with Gasteiger partial charge in [-0.05, 0) is 31.9 Å². The van der Waals surface area contributed by atoms with E-state index in [0.717, 1.165) is 29.3 Å². The van der Waals surface area contributed by atoms with E-state index in [1.54, 1.807) is 7.05 Å². The van der Waals surface area contributed by atoms with Crippen LogP contribution in [0.2, 0.25) is 5.02 Å². The van der Waals surface area contributed by atoms with Crippen LogP contribution in [0.15, 0.2) is 30.6 Å². The van der Waals surface area contributed by atoms with Gasteiger partial charge in [0.05, 0.1) is 22.2 Å². The monoisotopic (exact) mass is 399 g/mol. The highest BCUT2D eigenvalue weighted by Gasteiger charge is 2.40. The zero-order valence-corrected chi connectivity index (χ0v) is 16.5. The van der Waals surface area contributed by atoms with Crippen molar-refractivity contribution in [2.24, 2.45) is 0 Å². The summed E-state index contributed by atoms with van der Waals surface area (Å²) in [4.78, 5) is 17.3. The normalized spacial score (nSPS) is 15.9. The molecule has 0 spiro atoms. The number of nitrogens with one attached hydrogen (secondary N) is 3. The van der Waals surface area contributed by atoms with Gasteiger partial charge < -0.3 is 21.1 Å². The highest BCUT2D eigenvalue weighted by atomic mass is 35.5. The molecule has 28 heavy (non-hydrogen) atoms. The Bertz CT molecular complexity index is 1010. The summed E-state index contributed by atoms with van der Waals surface area (Å²) in [7, 11) is 1.75. The minimum absolute atomic E-state index is 0.140. The maximum absolute atomic E-state index is 10.2. The number of hydrogen-bond acceptors (Lipinski definition) is 8. The molecule has 1 saturated carbocycles. The first-order valence-electron chi connectivity index (χ1n) is 9.16. The lowest BCUT2D eigenvalue weighted by Gasteiger charge is -2.20. The molecule has 4 N–H and O–H groups in total. The first-order valence-corrected chi connectivity index (χ1v) is 9.54. The first-order chi connectivity index (χ1) is 13.5.